The first-order chi connectivity index (χ1) is 8.72. The van der Waals surface area contributed by atoms with Gasteiger partial charge in [0, 0.05) is 18.8 Å². The van der Waals surface area contributed by atoms with Crippen LogP contribution >= 0.6 is 0 Å². The highest BCUT2D eigenvalue weighted by Crippen LogP contribution is 2.24. The van der Waals surface area contributed by atoms with Crippen molar-refractivity contribution in [2.45, 2.75) is 17.4 Å². The zero-order chi connectivity index (χ0) is 14.3. The summed E-state index contributed by atoms with van der Waals surface area (Å²) in [7, 11) is -5.42. The Hall–Kier alpha value is -1.12. The van der Waals surface area contributed by atoms with Crippen molar-refractivity contribution < 1.29 is 16.8 Å². The summed E-state index contributed by atoms with van der Waals surface area (Å²) in [5, 5.41) is 0. The Morgan fingerprint density at radius 2 is 2.05 bits per heavy atom. The maximum atomic E-state index is 12.4. The Labute approximate surface area is 113 Å². The van der Waals surface area contributed by atoms with E-state index >= 15 is 0 Å². The van der Waals surface area contributed by atoms with E-state index in [0.29, 0.717) is 12.1 Å². The Kier molecular flexibility index (Phi) is 3.59. The monoisotopic (exact) mass is 304 g/mol. The summed E-state index contributed by atoms with van der Waals surface area (Å²) >= 11 is 0. The molecule has 0 bridgehead atoms. The quantitative estimate of drug-likeness (QED) is 0.797. The van der Waals surface area contributed by atoms with Crippen molar-refractivity contribution in [1.29, 1.82) is 0 Å². The molecule has 8 heteroatoms. The molecule has 0 amide bonds. The molecule has 0 saturated carbocycles. The molecule has 0 spiro atoms. The van der Waals surface area contributed by atoms with Gasteiger partial charge in [0.15, 0.2) is 9.84 Å². The fourth-order valence-electron chi connectivity index (χ4n) is 2.10. The minimum atomic E-state index is -3.71. The maximum Gasteiger partial charge on any atom is 0.243 e. The van der Waals surface area contributed by atoms with E-state index in [1.807, 2.05) is 0 Å². The number of sulfone groups is 1. The van der Waals surface area contributed by atoms with Crippen molar-refractivity contribution in [3.8, 4) is 0 Å². The lowest BCUT2D eigenvalue weighted by Gasteiger charge is -2.22. The lowest BCUT2D eigenvalue weighted by atomic mass is 10.3. The van der Waals surface area contributed by atoms with Gasteiger partial charge in [-0.3, -0.25) is 0 Å². The second kappa shape index (κ2) is 4.77. The van der Waals surface area contributed by atoms with Gasteiger partial charge < -0.3 is 5.73 Å². The van der Waals surface area contributed by atoms with Gasteiger partial charge in [-0.1, -0.05) is 6.07 Å². The fourth-order valence-corrected chi connectivity index (χ4v) is 5.41. The van der Waals surface area contributed by atoms with Crippen LogP contribution < -0.4 is 5.73 Å². The van der Waals surface area contributed by atoms with Crippen LogP contribution in [0.1, 0.15) is 6.42 Å². The van der Waals surface area contributed by atoms with Crippen molar-refractivity contribution >= 4 is 25.5 Å². The highest BCUT2D eigenvalue weighted by molar-refractivity contribution is 7.92. The minimum absolute atomic E-state index is 0.0362. The van der Waals surface area contributed by atoms with Crippen molar-refractivity contribution in [2.24, 2.45) is 0 Å². The smallest absolute Gasteiger partial charge is 0.243 e. The number of nitrogen functional groups attached to an aromatic ring is 1. The van der Waals surface area contributed by atoms with E-state index in [1.54, 1.807) is 12.1 Å². The number of rotatable bonds is 3. The molecule has 19 heavy (non-hydrogen) atoms. The lowest BCUT2D eigenvalue weighted by molar-refractivity contribution is 0.394. The van der Waals surface area contributed by atoms with Crippen LogP contribution in [0.4, 0.5) is 5.69 Å². The molecule has 1 fully saturated rings. The Morgan fingerprint density at radius 1 is 1.37 bits per heavy atom. The van der Waals surface area contributed by atoms with E-state index in [-0.39, 0.29) is 16.4 Å². The highest BCUT2D eigenvalue weighted by atomic mass is 32.2. The molecule has 0 aromatic heterocycles. The van der Waals surface area contributed by atoms with Crippen LogP contribution in [0.15, 0.2) is 29.2 Å². The molecule has 0 aliphatic carbocycles. The molecule has 1 atom stereocenters. The first-order valence-corrected chi connectivity index (χ1v) is 9.02. The third kappa shape index (κ3) is 2.90. The van der Waals surface area contributed by atoms with Crippen molar-refractivity contribution in [2.75, 3.05) is 24.3 Å². The van der Waals surface area contributed by atoms with Gasteiger partial charge >= 0.3 is 0 Å². The molecule has 2 N–H and O–H groups in total. The van der Waals surface area contributed by atoms with E-state index in [2.05, 4.69) is 0 Å². The van der Waals surface area contributed by atoms with E-state index in [4.69, 9.17) is 5.73 Å². The summed E-state index contributed by atoms with van der Waals surface area (Å²) in [6.45, 7) is 0. The average Bonchev–Trinajstić information content (AvgIpc) is 2.68. The van der Waals surface area contributed by atoms with Crippen LogP contribution in [0.25, 0.3) is 0 Å². The molecular formula is C11H16N2O4S2. The Balaban J connectivity index is 2.30. The third-order valence-corrected chi connectivity index (χ3v) is 6.91. The summed E-state index contributed by atoms with van der Waals surface area (Å²) < 4.78 is 48.7. The van der Waals surface area contributed by atoms with Crippen LogP contribution in [0.3, 0.4) is 0 Å². The van der Waals surface area contributed by atoms with Crippen LogP contribution in [-0.4, -0.2) is 45.7 Å². The zero-order valence-corrected chi connectivity index (χ0v) is 12.1. The standard InChI is InChI=1S/C11H16N2O4S2/c1-13(10-5-6-18(14,15)8-10)19(16,17)11-4-2-3-9(12)7-11/h2-4,7,10H,5-6,8,12H2,1H3. The van der Waals surface area contributed by atoms with Crippen molar-refractivity contribution in [3.05, 3.63) is 24.3 Å². The van der Waals surface area contributed by atoms with Gasteiger partial charge in [-0.05, 0) is 24.6 Å². The molecule has 1 unspecified atom stereocenters. The number of nitrogens with zero attached hydrogens (tertiary/aromatic N) is 1. The Morgan fingerprint density at radius 3 is 2.58 bits per heavy atom. The highest BCUT2D eigenvalue weighted by Gasteiger charge is 2.36. The molecule has 6 nitrogen and oxygen atoms in total. The molecule has 0 radical (unpaired) electrons. The van der Waals surface area contributed by atoms with Gasteiger partial charge in [-0.15, -0.1) is 0 Å². The van der Waals surface area contributed by atoms with Crippen molar-refractivity contribution in [3.63, 3.8) is 0 Å². The number of nitrogens with two attached hydrogens (primary N) is 1. The minimum Gasteiger partial charge on any atom is -0.399 e. The van der Waals surface area contributed by atoms with Gasteiger partial charge in [-0.25, -0.2) is 16.8 Å². The van der Waals surface area contributed by atoms with Crippen LogP contribution in [0, 0.1) is 0 Å². The first kappa shape index (κ1) is 14.3. The van der Waals surface area contributed by atoms with E-state index in [9.17, 15) is 16.8 Å². The first-order valence-electron chi connectivity index (χ1n) is 5.76. The molecule has 1 aliphatic rings. The topological polar surface area (TPSA) is 97.5 Å². The number of hydrogen-bond acceptors (Lipinski definition) is 5. The van der Waals surface area contributed by atoms with Gasteiger partial charge in [-0.2, -0.15) is 4.31 Å². The summed E-state index contributed by atoms with van der Waals surface area (Å²) in [5.74, 6) is -0.0838. The number of benzene rings is 1. The third-order valence-electron chi connectivity index (χ3n) is 3.26. The van der Waals surface area contributed by atoms with Crippen LogP contribution in [0.2, 0.25) is 0 Å². The summed E-state index contributed by atoms with van der Waals surface area (Å²) in [5.41, 5.74) is 5.93. The molecule has 1 heterocycles. The summed E-state index contributed by atoms with van der Waals surface area (Å²) in [6.07, 6.45) is 0.334. The second-order valence-electron chi connectivity index (χ2n) is 4.65. The fraction of sp³-hybridized carbons (Fsp3) is 0.455. The molecule has 106 valence electrons. The van der Waals surface area contributed by atoms with Crippen LogP contribution in [0.5, 0.6) is 0 Å². The lowest BCUT2D eigenvalue weighted by Crippen LogP contribution is -2.37. The molecule has 1 aromatic rings. The van der Waals surface area contributed by atoms with Crippen molar-refractivity contribution in [1.82, 2.24) is 4.31 Å². The summed E-state index contributed by atoms with van der Waals surface area (Å²) in [6, 6.07) is 5.47. The largest absolute Gasteiger partial charge is 0.399 e. The van der Waals surface area contributed by atoms with E-state index < -0.39 is 25.9 Å². The molecule has 1 aromatic carbocycles. The number of hydrogen-bond donors (Lipinski definition) is 1. The predicted octanol–water partition coefficient (Wildman–Crippen LogP) is 0.0764. The average molecular weight is 304 g/mol. The van der Waals surface area contributed by atoms with Crippen LogP contribution in [-0.2, 0) is 19.9 Å². The molecule has 1 saturated heterocycles. The second-order valence-corrected chi connectivity index (χ2v) is 8.88. The van der Waals surface area contributed by atoms with Gasteiger partial charge in [0.25, 0.3) is 0 Å². The van der Waals surface area contributed by atoms with E-state index in [0.717, 1.165) is 4.31 Å². The Bertz CT molecular complexity index is 682. The molecular weight excluding hydrogens is 288 g/mol. The molecule has 1 aliphatic heterocycles. The zero-order valence-electron chi connectivity index (χ0n) is 10.5. The number of anilines is 1. The predicted molar refractivity (Wildman–Crippen MR) is 72.9 cm³/mol. The summed E-state index contributed by atoms with van der Waals surface area (Å²) in [4.78, 5) is 0.0827. The van der Waals surface area contributed by atoms with Gasteiger partial charge in [0.2, 0.25) is 10.0 Å². The van der Waals surface area contributed by atoms with E-state index in [1.165, 1.54) is 19.2 Å². The van der Waals surface area contributed by atoms with Gasteiger partial charge in [0.1, 0.15) is 0 Å². The SMILES string of the molecule is CN(C1CCS(=O)(=O)C1)S(=O)(=O)c1cccc(N)c1. The number of sulfonamides is 1. The molecule has 2 rings (SSSR count). The van der Waals surface area contributed by atoms with Gasteiger partial charge in [0.05, 0.1) is 16.4 Å². The normalized spacial score (nSPS) is 22.7. The maximum absolute atomic E-state index is 12.4.